The second-order valence-corrected chi connectivity index (χ2v) is 5.18. The number of anilines is 2. The monoisotopic (exact) mass is 281 g/mol. The highest BCUT2D eigenvalue weighted by Crippen LogP contribution is 2.26. The standard InChI is InChI=1S/C13H23N5O2/c1-20-8-13-16-11(6-12(17-13)18-14)15-10-4-2-9(7-19)3-5-10/h6,9-10,19H,2-5,7-8,14H2,1H3,(H2,15,16,17,18). The van der Waals surface area contributed by atoms with Crippen molar-refractivity contribution in [3.05, 3.63) is 11.9 Å². The maximum atomic E-state index is 9.15. The molecule has 20 heavy (non-hydrogen) atoms. The van der Waals surface area contributed by atoms with E-state index in [1.807, 2.05) is 0 Å². The molecule has 0 radical (unpaired) electrons. The molecule has 1 saturated carbocycles. The van der Waals surface area contributed by atoms with Crippen molar-refractivity contribution in [1.82, 2.24) is 9.97 Å². The highest BCUT2D eigenvalue weighted by atomic mass is 16.5. The van der Waals surface area contributed by atoms with E-state index in [9.17, 15) is 0 Å². The number of aliphatic hydroxyl groups is 1. The second kappa shape index (κ2) is 7.37. The third-order valence-corrected chi connectivity index (χ3v) is 3.65. The second-order valence-electron chi connectivity index (χ2n) is 5.18. The van der Waals surface area contributed by atoms with Crippen molar-refractivity contribution in [3.63, 3.8) is 0 Å². The molecule has 7 nitrogen and oxygen atoms in total. The maximum Gasteiger partial charge on any atom is 0.158 e. The molecule has 1 aliphatic carbocycles. The van der Waals surface area contributed by atoms with Crippen LogP contribution in [0.1, 0.15) is 31.5 Å². The molecule has 1 aliphatic rings. The molecule has 1 heterocycles. The summed E-state index contributed by atoms with van der Waals surface area (Å²) in [6, 6.07) is 2.17. The molecule has 1 aromatic rings. The van der Waals surface area contributed by atoms with Gasteiger partial charge in [-0.15, -0.1) is 0 Å². The normalized spacial score (nSPS) is 22.6. The summed E-state index contributed by atoms with van der Waals surface area (Å²) in [5, 5.41) is 12.6. The topological polar surface area (TPSA) is 105 Å². The Balaban J connectivity index is 1.99. The van der Waals surface area contributed by atoms with Gasteiger partial charge in [-0.05, 0) is 31.6 Å². The van der Waals surface area contributed by atoms with Crippen molar-refractivity contribution >= 4 is 11.6 Å². The Morgan fingerprint density at radius 2 is 2.00 bits per heavy atom. The lowest BCUT2D eigenvalue weighted by Gasteiger charge is -2.28. The first-order valence-electron chi connectivity index (χ1n) is 6.96. The van der Waals surface area contributed by atoms with Crippen LogP contribution in [0, 0.1) is 5.92 Å². The van der Waals surface area contributed by atoms with Gasteiger partial charge >= 0.3 is 0 Å². The quantitative estimate of drug-likeness (QED) is 0.453. The van der Waals surface area contributed by atoms with E-state index in [1.165, 1.54) is 0 Å². The molecule has 5 N–H and O–H groups in total. The van der Waals surface area contributed by atoms with Crippen molar-refractivity contribution in [3.8, 4) is 0 Å². The molecule has 0 bridgehead atoms. The summed E-state index contributed by atoms with van der Waals surface area (Å²) in [4.78, 5) is 8.63. The lowest BCUT2D eigenvalue weighted by Crippen LogP contribution is -2.28. The molecule has 0 aromatic carbocycles. The number of aromatic nitrogens is 2. The predicted octanol–water partition coefficient (Wildman–Crippen LogP) is 0.872. The van der Waals surface area contributed by atoms with Gasteiger partial charge in [0.2, 0.25) is 0 Å². The Hall–Kier alpha value is -1.44. The number of nitrogens with two attached hydrogens (primary N) is 1. The number of hydrogen-bond acceptors (Lipinski definition) is 7. The predicted molar refractivity (Wildman–Crippen MR) is 77.0 cm³/mol. The number of methoxy groups -OCH3 is 1. The van der Waals surface area contributed by atoms with Crippen LogP contribution in [0.15, 0.2) is 6.07 Å². The van der Waals surface area contributed by atoms with E-state index >= 15 is 0 Å². The van der Waals surface area contributed by atoms with Gasteiger partial charge in [-0.2, -0.15) is 0 Å². The molecule has 0 aliphatic heterocycles. The number of nitrogen functional groups attached to an aromatic ring is 1. The first-order valence-corrected chi connectivity index (χ1v) is 6.96. The van der Waals surface area contributed by atoms with Crippen molar-refractivity contribution in [1.29, 1.82) is 0 Å². The lowest BCUT2D eigenvalue weighted by molar-refractivity contribution is 0.178. The van der Waals surface area contributed by atoms with E-state index in [2.05, 4.69) is 20.7 Å². The molecule has 1 aromatic heterocycles. The number of nitrogens with one attached hydrogen (secondary N) is 2. The number of nitrogens with zero attached hydrogens (tertiary/aromatic N) is 2. The summed E-state index contributed by atoms with van der Waals surface area (Å²) >= 11 is 0. The first kappa shape index (κ1) is 15.0. The fraction of sp³-hybridized carbons (Fsp3) is 0.692. The Bertz CT molecular complexity index is 421. The first-order chi connectivity index (χ1) is 9.75. The van der Waals surface area contributed by atoms with Gasteiger partial charge in [-0.3, -0.25) is 0 Å². The van der Waals surface area contributed by atoms with Crippen LogP contribution in [0.3, 0.4) is 0 Å². The molecular weight excluding hydrogens is 258 g/mol. The zero-order valence-electron chi connectivity index (χ0n) is 11.8. The Morgan fingerprint density at radius 3 is 2.60 bits per heavy atom. The van der Waals surface area contributed by atoms with Gasteiger partial charge in [0.25, 0.3) is 0 Å². The summed E-state index contributed by atoms with van der Waals surface area (Å²) in [5.41, 5.74) is 2.54. The van der Waals surface area contributed by atoms with Gasteiger partial charge in [0, 0.05) is 25.8 Å². The van der Waals surface area contributed by atoms with Crippen LogP contribution in [0.5, 0.6) is 0 Å². The van der Waals surface area contributed by atoms with Gasteiger partial charge in [-0.25, -0.2) is 15.8 Å². The highest BCUT2D eigenvalue weighted by molar-refractivity contribution is 5.47. The zero-order valence-corrected chi connectivity index (χ0v) is 11.8. The molecular formula is C13H23N5O2. The minimum absolute atomic E-state index is 0.291. The molecule has 0 saturated heterocycles. The minimum Gasteiger partial charge on any atom is -0.396 e. The van der Waals surface area contributed by atoms with E-state index in [-0.39, 0.29) is 0 Å². The molecule has 1 fully saturated rings. The third kappa shape index (κ3) is 4.03. The van der Waals surface area contributed by atoms with Crippen LogP contribution in [0.4, 0.5) is 11.6 Å². The van der Waals surface area contributed by atoms with E-state index < -0.39 is 0 Å². The van der Waals surface area contributed by atoms with Gasteiger partial charge in [0.15, 0.2) is 5.82 Å². The van der Waals surface area contributed by atoms with Crippen molar-refractivity contribution < 1.29 is 9.84 Å². The Kier molecular flexibility index (Phi) is 5.51. The number of hydrazine groups is 1. The molecule has 0 atom stereocenters. The van der Waals surface area contributed by atoms with Crippen LogP contribution in [-0.4, -0.2) is 34.8 Å². The summed E-state index contributed by atoms with van der Waals surface area (Å²) in [6.45, 7) is 0.640. The largest absolute Gasteiger partial charge is 0.396 e. The van der Waals surface area contributed by atoms with E-state index in [1.54, 1.807) is 13.2 Å². The van der Waals surface area contributed by atoms with Gasteiger partial charge in [0.1, 0.15) is 18.2 Å². The average molecular weight is 281 g/mol. The lowest BCUT2D eigenvalue weighted by atomic mass is 9.86. The average Bonchev–Trinajstić information content (AvgIpc) is 2.48. The fourth-order valence-corrected chi connectivity index (χ4v) is 2.54. The van der Waals surface area contributed by atoms with Crippen LogP contribution >= 0.6 is 0 Å². The molecule has 0 spiro atoms. The van der Waals surface area contributed by atoms with E-state index in [4.69, 9.17) is 15.7 Å². The molecule has 112 valence electrons. The number of ether oxygens (including phenoxy) is 1. The summed E-state index contributed by atoms with van der Waals surface area (Å²) in [6.07, 6.45) is 4.18. The number of hydrogen-bond donors (Lipinski definition) is 4. The number of aliphatic hydroxyl groups excluding tert-OH is 1. The molecule has 0 amide bonds. The van der Waals surface area contributed by atoms with Crippen LogP contribution in [0.2, 0.25) is 0 Å². The summed E-state index contributed by atoms with van der Waals surface area (Å²) < 4.78 is 5.05. The van der Waals surface area contributed by atoms with E-state index in [0.29, 0.717) is 36.8 Å². The Labute approximate surface area is 118 Å². The molecule has 7 heteroatoms. The Morgan fingerprint density at radius 1 is 1.30 bits per heavy atom. The van der Waals surface area contributed by atoms with E-state index in [0.717, 1.165) is 31.5 Å². The van der Waals surface area contributed by atoms with Crippen molar-refractivity contribution in [2.45, 2.75) is 38.3 Å². The maximum absolute atomic E-state index is 9.15. The van der Waals surface area contributed by atoms with Crippen LogP contribution in [0.25, 0.3) is 0 Å². The van der Waals surface area contributed by atoms with Gasteiger partial charge in [0.05, 0.1) is 0 Å². The molecule has 2 rings (SSSR count). The smallest absolute Gasteiger partial charge is 0.158 e. The SMILES string of the molecule is COCc1nc(NN)cc(NC2CCC(CO)CC2)n1. The fourth-order valence-electron chi connectivity index (χ4n) is 2.54. The third-order valence-electron chi connectivity index (χ3n) is 3.65. The zero-order chi connectivity index (χ0) is 14.4. The number of rotatable bonds is 6. The summed E-state index contributed by atoms with van der Waals surface area (Å²) in [5.74, 6) is 7.78. The minimum atomic E-state index is 0.291. The molecule has 0 unspecified atom stereocenters. The van der Waals surface area contributed by atoms with Crippen LogP contribution < -0.4 is 16.6 Å². The van der Waals surface area contributed by atoms with Gasteiger partial charge < -0.3 is 20.6 Å². The van der Waals surface area contributed by atoms with Gasteiger partial charge in [-0.1, -0.05) is 0 Å². The van der Waals surface area contributed by atoms with Crippen molar-refractivity contribution in [2.75, 3.05) is 24.5 Å². The highest BCUT2D eigenvalue weighted by Gasteiger charge is 2.21. The van der Waals surface area contributed by atoms with Crippen LogP contribution in [-0.2, 0) is 11.3 Å². The summed E-state index contributed by atoms with van der Waals surface area (Å²) in [7, 11) is 1.61. The van der Waals surface area contributed by atoms with Crippen molar-refractivity contribution in [2.24, 2.45) is 11.8 Å².